The SMILES string of the molecule is CCOC(=O)NCCC(=O)NCCc1csc(C)n1. The first-order chi connectivity index (χ1) is 9.11. The Balaban J connectivity index is 2.06. The molecule has 6 nitrogen and oxygen atoms in total. The van der Waals surface area contributed by atoms with E-state index < -0.39 is 6.09 Å². The van der Waals surface area contributed by atoms with Crippen LogP contribution in [0.2, 0.25) is 0 Å². The van der Waals surface area contributed by atoms with E-state index >= 15 is 0 Å². The van der Waals surface area contributed by atoms with Crippen molar-refractivity contribution in [3.63, 3.8) is 0 Å². The molecule has 2 amide bonds. The van der Waals surface area contributed by atoms with Gasteiger partial charge in [0.15, 0.2) is 0 Å². The van der Waals surface area contributed by atoms with Crippen LogP contribution >= 0.6 is 11.3 Å². The molecule has 0 saturated heterocycles. The van der Waals surface area contributed by atoms with E-state index in [4.69, 9.17) is 0 Å². The van der Waals surface area contributed by atoms with Gasteiger partial charge in [0, 0.05) is 31.3 Å². The van der Waals surface area contributed by atoms with Crippen molar-refractivity contribution in [3.8, 4) is 0 Å². The van der Waals surface area contributed by atoms with E-state index in [2.05, 4.69) is 20.4 Å². The van der Waals surface area contributed by atoms with E-state index in [9.17, 15) is 9.59 Å². The quantitative estimate of drug-likeness (QED) is 0.790. The van der Waals surface area contributed by atoms with Crippen LogP contribution in [0, 0.1) is 6.92 Å². The van der Waals surface area contributed by atoms with Crippen molar-refractivity contribution < 1.29 is 14.3 Å². The molecule has 0 saturated carbocycles. The summed E-state index contributed by atoms with van der Waals surface area (Å²) in [6.45, 7) is 4.84. The Morgan fingerprint density at radius 3 is 2.79 bits per heavy atom. The molecule has 7 heteroatoms. The van der Waals surface area contributed by atoms with E-state index in [1.807, 2.05) is 12.3 Å². The fourth-order valence-electron chi connectivity index (χ4n) is 1.40. The number of aryl methyl sites for hydroxylation is 1. The van der Waals surface area contributed by atoms with E-state index in [-0.39, 0.29) is 18.9 Å². The van der Waals surface area contributed by atoms with Crippen molar-refractivity contribution in [2.45, 2.75) is 26.7 Å². The van der Waals surface area contributed by atoms with Crippen LogP contribution in [-0.2, 0) is 16.0 Å². The lowest BCUT2D eigenvalue weighted by Crippen LogP contribution is -2.32. The minimum absolute atomic E-state index is 0.0937. The first kappa shape index (κ1) is 15.4. The highest BCUT2D eigenvalue weighted by Crippen LogP contribution is 2.07. The average Bonchev–Trinajstić information content (AvgIpc) is 2.75. The fraction of sp³-hybridized carbons (Fsp3) is 0.583. The van der Waals surface area contributed by atoms with Gasteiger partial charge in [-0.2, -0.15) is 0 Å². The van der Waals surface area contributed by atoms with Crippen molar-refractivity contribution in [2.24, 2.45) is 0 Å². The molecule has 1 aromatic heterocycles. The third kappa shape index (κ3) is 6.76. The maximum Gasteiger partial charge on any atom is 0.407 e. The predicted octanol–water partition coefficient (Wildman–Crippen LogP) is 1.25. The Morgan fingerprint density at radius 1 is 1.37 bits per heavy atom. The zero-order valence-electron chi connectivity index (χ0n) is 11.2. The molecule has 0 atom stereocenters. The number of nitrogens with zero attached hydrogens (tertiary/aromatic N) is 1. The van der Waals surface area contributed by atoms with Crippen molar-refractivity contribution in [2.75, 3.05) is 19.7 Å². The maximum absolute atomic E-state index is 11.5. The standard InChI is InChI=1S/C12H19N3O3S/c1-3-18-12(17)14-7-5-11(16)13-6-4-10-8-19-9(2)15-10/h8H,3-7H2,1-2H3,(H,13,16)(H,14,17). The number of nitrogens with one attached hydrogen (secondary N) is 2. The minimum atomic E-state index is -0.492. The van der Waals surface area contributed by atoms with Crippen molar-refractivity contribution in [1.82, 2.24) is 15.6 Å². The molecule has 1 rings (SSSR count). The predicted molar refractivity (Wildman–Crippen MR) is 73.2 cm³/mol. The summed E-state index contributed by atoms with van der Waals surface area (Å²) < 4.78 is 4.68. The Bertz CT molecular complexity index is 420. The number of hydrogen-bond acceptors (Lipinski definition) is 5. The second-order valence-electron chi connectivity index (χ2n) is 3.86. The molecule has 106 valence electrons. The molecule has 19 heavy (non-hydrogen) atoms. The van der Waals surface area contributed by atoms with E-state index in [0.717, 1.165) is 17.1 Å². The number of hydrogen-bond donors (Lipinski definition) is 2. The van der Waals surface area contributed by atoms with Crippen LogP contribution in [0.3, 0.4) is 0 Å². The number of carbonyl (C=O) groups is 2. The molecule has 0 aliphatic carbocycles. The molecule has 1 aromatic rings. The third-order valence-electron chi connectivity index (χ3n) is 2.27. The van der Waals surface area contributed by atoms with Crippen LogP contribution in [0.5, 0.6) is 0 Å². The van der Waals surface area contributed by atoms with Gasteiger partial charge in [0.1, 0.15) is 0 Å². The topological polar surface area (TPSA) is 80.3 Å². The summed E-state index contributed by atoms with van der Waals surface area (Å²) in [6, 6.07) is 0. The first-order valence-electron chi connectivity index (χ1n) is 6.20. The van der Waals surface area contributed by atoms with Gasteiger partial charge in [-0.3, -0.25) is 4.79 Å². The molecular formula is C12H19N3O3S. The van der Waals surface area contributed by atoms with Gasteiger partial charge in [0.25, 0.3) is 0 Å². The van der Waals surface area contributed by atoms with Crippen molar-refractivity contribution in [1.29, 1.82) is 0 Å². The van der Waals surface area contributed by atoms with E-state index in [1.54, 1.807) is 18.3 Å². The summed E-state index contributed by atoms with van der Waals surface area (Å²) in [5.74, 6) is -0.0937. The van der Waals surface area contributed by atoms with Crippen molar-refractivity contribution >= 4 is 23.3 Å². The number of thiazole rings is 1. The first-order valence-corrected chi connectivity index (χ1v) is 7.08. The van der Waals surface area contributed by atoms with Gasteiger partial charge in [-0.1, -0.05) is 0 Å². The second kappa shape index (κ2) is 8.47. The fourth-order valence-corrected chi connectivity index (χ4v) is 2.05. The summed E-state index contributed by atoms with van der Waals surface area (Å²) in [6.07, 6.45) is 0.476. The molecule has 1 heterocycles. The molecular weight excluding hydrogens is 266 g/mol. The van der Waals surface area contributed by atoms with Crippen LogP contribution in [0.1, 0.15) is 24.0 Å². The lowest BCUT2D eigenvalue weighted by molar-refractivity contribution is -0.120. The molecule has 0 aromatic carbocycles. The normalized spacial score (nSPS) is 10.0. The second-order valence-corrected chi connectivity index (χ2v) is 4.92. The number of aromatic nitrogens is 1. The molecule has 0 aliphatic rings. The van der Waals surface area contributed by atoms with Gasteiger partial charge >= 0.3 is 6.09 Å². The maximum atomic E-state index is 11.5. The zero-order valence-corrected chi connectivity index (χ0v) is 12.0. The van der Waals surface area contributed by atoms with Crippen LogP contribution in [0.4, 0.5) is 4.79 Å². The molecule has 0 bridgehead atoms. The van der Waals surface area contributed by atoms with Gasteiger partial charge in [-0.25, -0.2) is 9.78 Å². The Kier molecular flexibility index (Phi) is 6.88. The summed E-state index contributed by atoms with van der Waals surface area (Å²) in [7, 11) is 0. The highest BCUT2D eigenvalue weighted by atomic mass is 32.1. The largest absolute Gasteiger partial charge is 0.450 e. The van der Waals surface area contributed by atoms with Crippen LogP contribution in [0.15, 0.2) is 5.38 Å². The smallest absolute Gasteiger partial charge is 0.407 e. The van der Waals surface area contributed by atoms with E-state index in [0.29, 0.717) is 13.2 Å². The number of amides is 2. The Hall–Kier alpha value is -1.63. The van der Waals surface area contributed by atoms with E-state index in [1.165, 1.54) is 0 Å². The minimum Gasteiger partial charge on any atom is -0.450 e. The molecule has 0 unspecified atom stereocenters. The van der Waals surface area contributed by atoms with Gasteiger partial charge in [0.2, 0.25) is 5.91 Å². The number of rotatable bonds is 7. The summed E-state index contributed by atoms with van der Waals surface area (Å²) >= 11 is 1.60. The monoisotopic (exact) mass is 285 g/mol. The third-order valence-corrected chi connectivity index (χ3v) is 3.09. The van der Waals surface area contributed by atoms with Crippen LogP contribution in [0.25, 0.3) is 0 Å². The highest BCUT2D eigenvalue weighted by molar-refractivity contribution is 7.09. The Labute approximate surface area is 116 Å². The van der Waals surface area contributed by atoms with Crippen LogP contribution < -0.4 is 10.6 Å². The van der Waals surface area contributed by atoms with Gasteiger partial charge in [-0.15, -0.1) is 11.3 Å². The number of ether oxygens (including phenoxy) is 1. The molecule has 0 radical (unpaired) electrons. The number of alkyl carbamates (subject to hydrolysis) is 1. The van der Waals surface area contributed by atoms with Gasteiger partial charge < -0.3 is 15.4 Å². The molecule has 0 fully saturated rings. The summed E-state index contributed by atoms with van der Waals surface area (Å²) in [5, 5.41) is 8.29. The lowest BCUT2D eigenvalue weighted by atomic mass is 10.3. The summed E-state index contributed by atoms with van der Waals surface area (Å²) in [5.41, 5.74) is 0.993. The number of carbonyl (C=O) groups excluding carboxylic acids is 2. The van der Waals surface area contributed by atoms with Crippen molar-refractivity contribution in [3.05, 3.63) is 16.1 Å². The molecule has 0 spiro atoms. The molecule has 2 N–H and O–H groups in total. The van der Waals surface area contributed by atoms with Crippen LogP contribution in [-0.4, -0.2) is 36.7 Å². The van der Waals surface area contributed by atoms with Gasteiger partial charge in [0.05, 0.1) is 17.3 Å². The zero-order chi connectivity index (χ0) is 14.1. The average molecular weight is 285 g/mol. The highest BCUT2D eigenvalue weighted by Gasteiger charge is 2.04. The summed E-state index contributed by atoms with van der Waals surface area (Å²) in [4.78, 5) is 26.7. The van der Waals surface area contributed by atoms with Gasteiger partial charge in [-0.05, 0) is 13.8 Å². The lowest BCUT2D eigenvalue weighted by Gasteiger charge is -2.06. The molecule has 0 aliphatic heterocycles. The Morgan fingerprint density at radius 2 is 2.16 bits per heavy atom.